The molecule has 0 fully saturated rings. The quantitative estimate of drug-likeness (QED) is 0.681. The Labute approximate surface area is 75.4 Å². The lowest BCUT2D eigenvalue weighted by Gasteiger charge is -1.92. The summed E-state index contributed by atoms with van der Waals surface area (Å²) in [5.41, 5.74) is 0. The predicted octanol–water partition coefficient (Wildman–Crippen LogP) is 0.390. The molecule has 0 amide bonds. The summed E-state index contributed by atoms with van der Waals surface area (Å²) in [6, 6.07) is 0. The van der Waals surface area contributed by atoms with Crippen molar-refractivity contribution in [1.29, 1.82) is 0 Å². The van der Waals surface area contributed by atoms with Gasteiger partial charge in [-0.05, 0) is 6.92 Å². The molecule has 0 saturated heterocycles. The Kier molecular flexibility index (Phi) is 3.03. The third kappa shape index (κ3) is 2.60. The van der Waals surface area contributed by atoms with Crippen molar-refractivity contribution in [1.82, 2.24) is 14.8 Å². The van der Waals surface area contributed by atoms with E-state index in [9.17, 15) is 4.79 Å². The van der Waals surface area contributed by atoms with Crippen molar-refractivity contribution in [3.05, 3.63) is 12.2 Å². The van der Waals surface area contributed by atoms with Crippen molar-refractivity contribution in [3.8, 4) is 11.8 Å². The molecule has 0 bridgehead atoms. The number of hydrogen-bond acceptors (Lipinski definition) is 3. The van der Waals surface area contributed by atoms with Gasteiger partial charge in [-0.2, -0.15) is 0 Å². The molecule has 0 unspecified atom stereocenters. The molecular weight excluding hydrogens is 170 g/mol. The molecule has 0 saturated carbocycles. The van der Waals surface area contributed by atoms with Crippen LogP contribution in [0.4, 0.5) is 0 Å². The van der Waals surface area contributed by atoms with Gasteiger partial charge < -0.3 is 5.11 Å². The molecule has 0 atom stereocenters. The minimum atomic E-state index is -1.11. The van der Waals surface area contributed by atoms with Crippen LogP contribution >= 0.6 is 0 Å². The van der Waals surface area contributed by atoms with Crippen LogP contribution in [-0.4, -0.2) is 25.8 Å². The van der Waals surface area contributed by atoms with E-state index in [2.05, 4.69) is 21.9 Å². The number of carboxylic acids is 1. The predicted molar refractivity (Wildman–Crippen MR) is 45.0 cm³/mol. The van der Waals surface area contributed by atoms with Crippen LogP contribution in [0, 0.1) is 11.8 Å². The lowest BCUT2D eigenvalue weighted by atomic mass is 10.4. The highest BCUT2D eigenvalue weighted by Gasteiger charge is 2.07. The minimum Gasteiger partial charge on any atom is -0.475 e. The molecule has 1 rings (SSSR count). The minimum absolute atomic E-state index is 0.176. The van der Waals surface area contributed by atoms with Crippen molar-refractivity contribution < 1.29 is 9.90 Å². The van der Waals surface area contributed by atoms with Crippen LogP contribution in [-0.2, 0) is 6.54 Å². The average Bonchev–Trinajstić information content (AvgIpc) is 2.53. The Balaban J connectivity index is 2.57. The molecule has 0 aromatic carbocycles. The average molecular weight is 179 g/mol. The summed E-state index contributed by atoms with van der Waals surface area (Å²) in [5, 5.41) is 12.2. The van der Waals surface area contributed by atoms with Gasteiger partial charge in [0.2, 0.25) is 0 Å². The lowest BCUT2D eigenvalue weighted by molar-refractivity contribution is 0.0683. The summed E-state index contributed by atoms with van der Waals surface area (Å²) in [4.78, 5) is 14.0. The van der Waals surface area contributed by atoms with E-state index in [0.717, 1.165) is 0 Å². The molecule has 0 aliphatic carbocycles. The summed E-state index contributed by atoms with van der Waals surface area (Å²) in [7, 11) is 0. The van der Waals surface area contributed by atoms with E-state index >= 15 is 0 Å². The highest BCUT2D eigenvalue weighted by atomic mass is 16.4. The van der Waals surface area contributed by atoms with Gasteiger partial charge in [0.05, 0.1) is 6.54 Å². The van der Waals surface area contributed by atoms with E-state index in [1.54, 1.807) is 6.92 Å². The van der Waals surface area contributed by atoms with E-state index in [1.165, 1.54) is 11.0 Å². The van der Waals surface area contributed by atoms with Gasteiger partial charge >= 0.3 is 5.97 Å². The van der Waals surface area contributed by atoms with Gasteiger partial charge in [-0.25, -0.2) is 9.78 Å². The maximum absolute atomic E-state index is 10.4. The fraction of sp³-hybridized carbons (Fsp3) is 0.375. The van der Waals surface area contributed by atoms with E-state index in [1.807, 2.05) is 0 Å². The smallest absolute Gasteiger partial charge is 0.375 e. The second-order valence-electron chi connectivity index (χ2n) is 2.31. The van der Waals surface area contributed by atoms with Crippen LogP contribution in [0.3, 0.4) is 0 Å². The summed E-state index contributed by atoms with van der Waals surface area (Å²) < 4.78 is 1.47. The van der Waals surface area contributed by atoms with Crippen molar-refractivity contribution in [3.63, 3.8) is 0 Å². The molecule has 5 heteroatoms. The first-order valence-corrected chi connectivity index (χ1v) is 3.76. The largest absolute Gasteiger partial charge is 0.475 e. The van der Waals surface area contributed by atoms with Crippen LogP contribution in [0.2, 0.25) is 0 Å². The Morgan fingerprint density at radius 3 is 3.08 bits per heavy atom. The second kappa shape index (κ2) is 4.26. The number of aromatic carboxylic acids is 1. The molecule has 0 spiro atoms. The molecule has 0 radical (unpaired) electrons. The molecule has 1 N–H and O–H groups in total. The summed E-state index contributed by atoms with van der Waals surface area (Å²) in [6.07, 6.45) is 2.04. The number of hydrogen-bond donors (Lipinski definition) is 1. The lowest BCUT2D eigenvalue weighted by Crippen LogP contribution is -2.02. The van der Waals surface area contributed by atoms with Crippen LogP contribution in [0.1, 0.15) is 24.0 Å². The fourth-order valence-electron chi connectivity index (χ4n) is 0.796. The van der Waals surface area contributed by atoms with Gasteiger partial charge in [0.1, 0.15) is 6.33 Å². The topological polar surface area (TPSA) is 68.0 Å². The summed E-state index contributed by atoms with van der Waals surface area (Å²) >= 11 is 0. The standard InChI is InChI=1S/C8H9N3O2/c1-2-3-4-5-11-6-9-7(10-11)8(12)13/h6H,4-5H2,1H3,(H,12,13). The van der Waals surface area contributed by atoms with Gasteiger partial charge in [0.15, 0.2) is 0 Å². The third-order valence-corrected chi connectivity index (χ3v) is 1.37. The number of aryl methyl sites for hydroxylation is 1. The molecular formula is C8H9N3O2. The Morgan fingerprint density at radius 2 is 2.54 bits per heavy atom. The van der Waals surface area contributed by atoms with Crippen LogP contribution in [0.25, 0.3) is 0 Å². The van der Waals surface area contributed by atoms with Gasteiger partial charge in [-0.15, -0.1) is 16.9 Å². The van der Waals surface area contributed by atoms with Crippen LogP contribution < -0.4 is 0 Å². The van der Waals surface area contributed by atoms with Gasteiger partial charge in [-0.3, -0.25) is 4.68 Å². The zero-order valence-electron chi connectivity index (χ0n) is 7.19. The zero-order chi connectivity index (χ0) is 9.68. The molecule has 68 valence electrons. The number of rotatable bonds is 3. The van der Waals surface area contributed by atoms with E-state index in [-0.39, 0.29) is 5.82 Å². The number of nitrogens with zero attached hydrogens (tertiary/aromatic N) is 3. The van der Waals surface area contributed by atoms with Gasteiger partial charge in [-0.1, -0.05) is 0 Å². The van der Waals surface area contributed by atoms with E-state index in [0.29, 0.717) is 13.0 Å². The van der Waals surface area contributed by atoms with E-state index < -0.39 is 5.97 Å². The molecule has 13 heavy (non-hydrogen) atoms. The SMILES string of the molecule is CC#CCCn1cnc(C(=O)O)n1. The third-order valence-electron chi connectivity index (χ3n) is 1.37. The normalized spacial score (nSPS) is 9.00. The van der Waals surface area contributed by atoms with Crippen molar-refractivity contribution in [2.45, 2.75) is 19.9 Å². The van der Waals surface area contributed by atoms with E-state index in [4.69, 9.17) is 5.11 Å². The summed E-state index contributed by atoms with van der Waals surface area (Å²) in [5.74, 6) is 4.30. The van der Waals surface area contributed by atoms with Crippen LogP contribution in [0.5, 0.6) is 0 Å². The van der Waals surface area contributed by atoms with Crippen molar-refractivity contribution >= 4 is 5.97 Å². The molecule has 1 heterocycles. The maximum atomic E-state index is 10.4. The molecule has 5 nitrogen and oxygen atoms in total. The Morgan fingerprint density at radius 1 is 1.77 bits per heavy atom. The van der Waals surface area contributed by atoms with Gasteiger partial charge in [0.25, 0.3) is 5.82 Å². The summed E-state index contributed by atoms with van der Waals surface area (Å²) in [6.45, 7) is 2.32. The highest BCUT2D eigenvalue weighted by molar-refractivity contribution is 5.82. The van der Waals surface area contributed by atoms with Gasteiger partial charge in [0, 0.05) is 6.42 Å². The Bertz CT molecular complexity index is 359. The monoisotopic (exact) mass is 179 g/mol. The number of carbonyl (C=O) groups is 1. The number of carboxylic acid groups (broad SMARTS) is 1. The molecule has 0 aliphatic rings. The number of aromatic nitrogens is 3. The second-order valence-corrected chi connectivity index (χ2v) is 2.31. The fourth-order valence-corrected chi connectivity index (χ4v) is 0.796. The molecule has 0 aliphatic heterocycles. The maximum Gasteiger partial charge on any atom is 0.375 e. The van der Waals surface area contributed by atoms with Crippen LogP contribution in [0.15, 0.2) is 6.33 Å². The first-order valence-electron chi connectivity index (χ1n) is 3.76. The highest BCUT2D eigenvalue weighted by Crippen LogP contribution is 1.91. The first-order chi connectivity index (χ1) is 6.24. The molecule has 1 aromatic heterocycles. The van der Waals surface area contributed by atoms with Crippen molar-refractivity contribution in [2.75, 3.05) is 0 Å². The molecule has 1 aromatic rings. The zero-order valence-corrected chi connectivity index (χ0v) is 7.19. The first kappa shape index (κ1) is 9.26. The Hall–Kier alpha value is -1.83. The van der Waals surface area contributed by atoms with Crippen molar-refractivity contribution in [2.24, 2.45) is 0 Å².